The molecule has 4 nitrogen and oxygen atoms in total. The molecule has 0 radical (unpaired) electrons. The maximum atomic E-state index is 13.0. The van der Waals surface area contributed by atoms with Gasteiger partial charge in [0.2, 0.25) is 0 Å². The van der Waals surface area contributed by atoms with Gasteiger partial charge in [0.25, 0.3) is 5.91 Å². The third kappa shape index (κ3) is 3.95. The number of rotatable bonds is 4. The van der Waals surface area contributed by atoms with Crippen molar-refractivity contribution in [2.24, 2.45) is 5.92 Å². The van der Waals surface area contributed by atoms with Crippen LogP contribution in [-0.4, -0.2) is 54.1 Å². The molecule has 0 aliphatic carbocycles. The van der Waals surface area contributed by atoms with Gasteiger partial charge in [-0.1, -0.05) is 12.1 Å². The van der Waals surface area contributed by atoms with Crippen molar-refractivity contribution in [3.05, 3.63) is 35.6 Å². The van der Waals surface area contributed by atoms with Crippen molar-refractivity contribution in [1.29, 1.82) is 0 Å². The summed E-state index contributed by atoms with van der Waals surface area (Å²) in [4.78, 5) is 16.4. The molecule has 0 bridgehead atoms. The monoisotopic (exact) mass is 334 g/mol. The Hall–Kier alpha value is -1.46. The van der Waals surface area contributed by atoms with Gasteiger partial charge in [-0.3, -0.25) is 9.69 Å². The molecule has 1 aromatic rings. The van der Waals surface area contributed by atoms with Gasteiger partial charge in [0, 0.05) is 19.6 Å². The number of ether oxygens (including phenoxy) is 1. The number of likely N-dealkylation sites (N-methyl/N-ethyl adjacent to an activating group) is 1. The predicted molar refractivity (Wildman–Crippen MR) is 91.0 cm³/mol. The molecule has 0 saturated carbocycles. The summed E-state index contributed by atoms with van der Waals surface area (Å²) in [6, 6.07) is 6.77. The number of carbonyl (C=O) groups is 1. The Kier molecular flexibility index (Phi) is 5.51. The van der Waals surface area contributed by atoms with Crippen LogP contribution in [-0.2, 0) is 16.1 Å². The molecule has 0 unspecified atom stereocenters. The second-order valence-electron chi connectivity index (χ2n) is 6.93. The fraction of sp³-hybridized carbons (Fsp3) is 0.632. The van der Waals surface area contributed by atoms with Gasteiger partial charge in [0.15, 0.2) is 0 Å². The quantitative estimate of drug-likeness (QED) is 0.849. The Balaban J connectivity index is 1.51. The normalized spacial score (nSPS) is 26.8. The summed E-state index contributed by atoms with van der Waals surface area (Å²) in [7, 11) is 0. The zero-order valence-electron chi connectivity index (χ0n) is 14.6. The molecule has 5 heteroatoms. The standard InChI is InChI=1S/C19H27FN2O2/c1-3-22-13-18(24-14(2)19(22)23)16-8-10-21(11-9-16)12-15-4-6-17(20)7-5-15/h4-7,14,16,18H,3,8-13H2,1-2H3/t14-,18-/m1/s1. The van der Waals surface area contributed by atoms with E-state index in [0.717, 1.165) is 51.1 Å². The van der Waals surface area contributed by atoms with E-state index in [4.69, 9.17) is 4.74 Å². The third-order valence-electron chi connectivity index (χ3n) is 5.30. The predicted octanol–water partition coefficient (Wildman–Crippen LogP) is 2.67. The van der Waals surface area contributed by atoms with Crippen molar-refractivity contribution in [3.8, 4) is 0 Å². The first kappa shape index (κ1) is 17.4. The summed E-state index contributed by atoms with van der Waals surface area (Å²) in [5.74, 6) is 0.442. The van der Waals surface area contributed by atoms with Gasteiger partial charge in [-0.15, -0.1) is 0 Å². The first-order chi connectivity index (χ1) is 11.6. The Morgan fingerprint density at radius 2 is 1.88 bits per heavy atom. The SMILES string of the molecule is CCN1C[C@H](C2CCN(Cc3ccc(F)cc3)CC2)O[C@H](C)C1=O. The van der Waals surface area contributed by atoms with Crippen LogP contribution in [0.3, 0.4) is 0 Å². The van der Waals surface area contributed by atoms with Crippen molar-refractivity contribution in [2.75, 3.05) is 26.2 Å². The number of carbonyl (C=O) groups excluding carboxylic acids is 1. The molecule has 2 saturated heterocycles. The van der Waals surface area contributed by atoms with Crippen LogP contribution in [0, 0.1) is 11.7 Å². The number of likely N-dealkylation sites (tertiary alicyclic amines) is 1. The first-order valence-electron chi connectivity index (χ1n) is 8.98. The lowest BCUT2D eigenvalue weighted by atomic mass is 9.89. The van der Waals surface area contributed by atoms with Crippen molar-refractivity contribution in [1.82, 2.24) is 9.80 Å². The molecule has 2 heterocycles. The Morgan fingerprint density at radius 1 is 1.21 bits per heavy atom. The van der Waals surface area contributed by atoms with E-state index < -0.39 is 0 Å². The maximum absolute atomic E-state index is 13.0. The molecule has 0 N–H and O–H groups in total. The molecule has 2 aliphatic rings. The van der Waals surface area contributed by atoms with Crippen LogP contribution < -0.4 is 0 Å². The van der Waals surface area contributed by atoms with Gasteiger partial charge < -0.3 is 9.64 Å². The van der Waals surface area contributed by atoms with Crippen molar-refractivity contribution in [3.63, 3.8) is 0 Å². The summed E-state index contributed by atoms with van der Waals surface area (Å²) in [6.07, 6.45) is 2.01. The number of hydrogen-bond donors (Lipinski definition) is 0. The second kappa shape index (κ2) is 7.62. The highest BCUT2D eigenvalue weighted by molar-refractivity contribution is 5.81. The molecule has 2 atom stereocenters. The molecular weight excluding hydrogens is 307 g/mol. The second-order valence-corrected chi connectivity index (χ2v) is 6.93. The van der Waals surface area contributed by atoms with Crippen LogP contribution >= 0.6 is 0 Å². The van der Waals surface area contributed by atoms with E-state index >= 15 is 0 Å². The summed E-state index contributed by atoms with van der Waals surface area (Å²) in [6.45, 7) is 8.29. The van der Waals surface area contributed by atoms with Crippen molar-refractivity contribution in [2.45, 2.75) is 45.4 Å². The van der Waals surface area contributed by atoms with Gasteiger partial charge in [-0.05, 0) is 63.4 Å². The first-order valence-corrected chi connectivity index (χ1v) is 8.98. The van der Waals surface area contributed by atoms with Gasteiger partial charge in [-0.2, -0.15) is 0 Å². The number of hydrogen-bond acceptors (Lipinski definition) is 3. The summed E-state index contributed by atoms with van der Waals surface area (Å²) < 4.78 is 19.0. The average Bonchev–Trinajstić information content (AvgIpc) is 2.60. The summed E-state index contributed by atoms with van der Waals surface area (Å²) in [5, 5.41) is 0. The molecule has 1 amide bonds. The van der Waals surface area contributed by atoms with Crippen LogP contribution in [0.1, 0.15) is 32.3 Å². The minimum Gasteiger partial charge on any atom is -0.363 e. The van der Waals surface area contributed by atoms with Crippen LogP contribution in [0.15, 0.2) is 24.3 Å². The number of piperidine rings is 1. The third-order valence-corrected chi connectivity index (χ3v) is 5.30. The average molecular weight is 334 g/mol. The van der Waals surface area contributed by atoms with Gasteiger partial charge in [0.05, 0.1) is 6.10 Å². The minimum atomic E-state index is -0.319. The highest BCUT2D eigenvalue weighted by atomic mass is 19.1. The summed E-state index contributed by atoms with van der Waals surface area (Å²) >= 11 is 0. The van der Waals surface area contributed by atoms with E-state index in [-0.39, 0.29) is 23.9 Å². The van der Waals surface area contributed by atoms with Gasteiger partial charge >= 0.3 is 0 Å². The molecule has 132 valence electrons. The van der Waals surface area contributed by atoms with E-state index in [2.05, 4.69) is 4.90 Å². The molecule has 24 heavy (non-hydrogen) atoms. The number of morpholine rings is 1. The highest BCUT2D eigenvalue weighted by Crippen LogP contribution is 2.28. The van der Waals surface area contributed by atoms with Crippen LogP contribution in [0.2, 0.25) is 0 Å². The van der Waals surface area contributed by atoms with Crippen molar-refractivity contribution >= 4 is 5.91 Å². The molecule has 0 aromatic heterocycles. The Morgan fingerprint density at radius 3 is 2.50 bits per heavy atom. The minimum absolute atomic E-state index is 0.113. The zero-order chi connectivity index (χ0) is 17.1. The molecular formula is C19H27FN2O2. The largest absolute Gasteiger partial charge is 0.363 e. The van der Waals surface area contributed by atoms with Crippen LogP contribution in [0.4, 0.5) is 4.39 Å². The number of amides is 1. The smallest absolute Gasteiger partial charge is 0.251 e. The molecule has 2 fully saturated rings. The number of halogens is 1. The number of nitrogens with zero attached hydrogens (tertiary/aromatic N) is 2. The number of benzene rings is 1. The molecule has 1 aromatic carbocycles. The highest BCUT2D eigenvalue weighted by Gasteiger charge is 2.36. The van der Waals surface area contributed by atoms with Crippen LogP contribution in [0.5, 0.6) is 0 Å². The van der Waals surface area contributed by atoms with E-state index in [1.54, 1.807) is 0 Å². The van der Waals surface area contributed by atoms with Crippen molar-refractivity contribution < 1.29 is 13.9 Å². The van der Waals surface area contributed by atoms with E-state index in [1.807, 2.05) is 30.9 Å². The van der Waals surface area contributed by atoms with Crippen LogP contribution in [0.25, 0.3) is 0 Å². The topological polar surface area (TPSA) is 32.8 Å². The maximum Gasteiger partial charge on any atom is 0.251 e. The fourth-order valence-corrected chi connectivity index (χ4v) is 3.80. The zero-order valence-corrected chi connectivity index (χ0v) is 14.6. The van der Waals surface area contributed by atoms with Gasteiger partial charge in [-0.25, -0.2) is 4.39 Å². The molecule has 0 spiro atoms. The van der Waals surface area contributed by atoms with Gasteiger partial charge in [0.1, 0.15) is 11.9 Å². The summed E-state index contributed by atoms with van der Waals surface area (Å²) in [5.41, 5.74) is 1.15. The molecule has 3 rings (SSSR count). The molecule has 2 aliphatic heterocycles. The Labute approximate surface area is 143 Å². The lowest BCUT2D eigenvalue weighted by Crippen LogP contribution is -2.54. The van der Waals surface area contributed by atoms with E-state index in [0.29, 0.717) is 5.92 Å². The lowest BCUT2D eigenvalue weighted by molar-refractivity contribution is -0.166. The van der Waals surface area contributed by atoms with E-state index in [9.17, 15) is 9.18 Å². The lowest BCUT2D eigenvalue weighted by Gasteiger charge is -2.42. The fourth-order valence-electron chi connectivity index (χ4n) is 3.80. The Bertz CT molecular complexity index is 555. The van der Waals surface area contributed by atoms with E-state index in [1.165, 1.54) is 12.1 Å².